The monoisotopic (exact) mass is 280 g/mol. The van der Waals surface area contributed by atoms with Gasteiger partial charge in [0.2, 0.25) is 0 Å². The minimum absolute atomic E-state index is 0.886. The van der Waals surface area contributed by atoms with Crippen LogP contribution in [0.3, 0.4) is 0 Å². The van der Waals surface area contributed by atoms with Gasteiger partial charge in [-0.3, -0.25) is 0 Å². The first-order valence-electron chi connectivity index (χ1n) is 9.49. The van der Waals surface area contributed by atoms with Crippen LogP contribution in [0.2, 0.25) is 0 Å². The molecule has 1 aliphatic carbocycles. The van der Waals surface area contributed by atoms with Crippen LogP contribution in [0, 0.1) is 35.5 Å². The highest BCUT2D eigenvalue weighted by atomic mass is 14.4. The predicted molar refractivity (Wildman–Crippen MR) is 91.9 cm³/mol. The lowest BCUT2D eigenvalue weighted by Crippen LogP contribution is -2.30. The minimum atomic E-state index is 0.886. The Balaban J connectivity index is 2.55. The summed E-state index contributed by atoms with van der Waals surface area (Å²) in [6, 6.07) is 0. The maximum atomic E-state index is 2.56. The van der Waals surface area contributed by atoms with E-state index in [4.69, 9.17) is 0 Å². The average molecular weight is 281 g/mol. The van der Waals surface area contributed by atoms with E-state index in [0.717, 1.165) is 35.5 Å². The van der Waals surface area contributed by atoms with Crippen LogP contribution in [-0.2, 0) is 0 Å². The van der Waals surface area contributed by atoms with Gasteiger partial charge in [-0.05, 0) is 61.2 Å². The quantitative estimate of drug-likeness (QED) is 0.452. The number of hydrogen-bond donors (Lipinski definition) is 0. The molecule has 0 bridgehead atoms. The lowest BCUT2D eigenvalue weighted by molar-refractivity contribution is 0.109. The summed E-state index contributed by atoms with van der Waals surface area (Å²) in [7, 11) is 0. The molecule has 120 valence electrons. The second-order valence-corrected chi connectivity index (χ2v) is 8.09. The Morgan fingerprint density at radius 2 is 1.40 bits per heavy atom. The average Bonchev–Trinajstić information content (AvgIpc) is 2.45. The Bertz CT molecular complexity index is 242. The summed E-state index contributed by atoms with van der Waals surface area (Å²) in [5, 5.41) is 0. The van der Waals surface area contributed by atoms with Crippen LogP contribution in [0.1, 0.15) is 92.9 Å². The normalized spacial score (nSPS) is 28.4. The van der Waals surface area contributed by atoms with Crippen LogP contribution >= 0.6 is 0 Å². The molecule has 5 atom stereocenters. The van der Waals surface area contributed by atoms with Gasteiger partial charge in [-0.25, -0.2) is 0 Å². The van der Waals surface area contributed by atoms with Crippen LogP contribution in [0.15, 0.2) is 0 Å². The fraction of sp³-hybridized carbons (Fsp3) is 1.00. The molecule has 0 amide bonds. The molecule has 0 N–H and O–H groups in total. The SMILES string of the molecule is CCC(C)CC(CC)CC(C)C1CCCCC1C(C)C. The van der Waals surface area contributed by atoms with Crippen molar-refractivity contribution in [2.24, 2.45) is 35.5 Å². The smallest absolute Gasteiger partial charge is 0.0358 e. The molecule has 0 saturated heterocycles. The lowest BCUT2D eigenvalue weighted by Gasteiger charge is -2.39. The van der Waals surface area contributed by atoms with Crippen molar-refractivity contribution in [1.82, 2.24) is 0 Å². The Labute approximate surface area is 129 Å². The van der Waals surface area contributed by atoms with Gasteiger partial charge in [0.05, 0.1) is 0 Å². The molecule has 0 aromatic heterocycles. The van der Waals surface area contributed by atoms with Crippen LogP contribution in [-0.4, -0.2) is 0 Å². The standard InChI is InChI=1S/C20H40/c1-7-16(5)13-18(8-2)14-17(6)20-12-10-9-11-19(20)15(3)4/h15-20H,7-14H2,1-6H3. The largest absolute Gasteiger partial charge is 0.0651 e. The van der Waals surface area contributed by atoms with Crippen molar-refractivity contribution in [1.29, 1.82) is 0 Å². The van der Waals surface area contributed by atoms with Crippen molar-refractivity contribution >= 4 is 0 Å². The fourth-order valence-corrected chi connectivity index (χ4v) is 4.59. The van der Waals surface area contributed by atoms with E-state index in [-0.39, 0.29) is 0 Å². The number of hydrogen-bond acceptors (Lipinski definition) is 0. The summed E-state index contributed by atoms with van der Waals surface area (Å²) in [6.45, 7) is 14.6. The van der Waals surface area contributed by atoms with Gasteiger partial charge in [0, 0.05) is 0 Å². The first-order chi connectivity index (χ1) is 9.49. The molecule has 1 fully saturated rings. The molecule has 0 radical (unpaired) electrons. The Hall–Kier alpha value is 0. The van der Waals surface area contributed by atoms with E-state index in [1.165, 1.54) is 51.4 Å². The molecule has 1 aliphatic rings. The molecule has 0 heterocycles. The van der Waals surface area contributed by atoms with E-state index >= 15 is 0 Å². The molecule has 0 heteroatoms. The van der Waals surface area contributed by atoms with Gasteiger partial charge in [-0.1, -0.05) is 67.2 Å². The second-order valence-electron chi connectivity index (χ2n) is 8.09. The Morgan fingerprint density at radius 1 is 0.800 bits per heavy atom. The van der Waals surface area contributed by atoms with Crippen molar-refractivity contribution in [3.05, 3.63) is 0 Å². The molecule has 1 saturated carbocycles. The summed E-state index contributed by atoms with van der Waals surface area (Å²) >= 11 is 0. The summed E-state index contributed by atoms with van der Waals surface area (Å²) in [5.41, 5.74) is 0. The zero-order chi connectivity index (χ0) is 15.1. The van der Waals surface area contributed by atoms with Crippen molar-refractivity contribution in [2.45, 2.75) is 92.9 Å². The van der Waals surface area contributed by atoms with Gasteiger partial charge in [0.25, 0.3) is 0 Å². The third kappa shape index (κ3) is 5.41. The van der Waals surface area contributed by atoms with Crippen LogP contribution in [0.25, 0.3) is 0 Å². The molecule has 0 nitrogen and oxygen atoms in total. The zero-order valence-electron chi connectivity index (χ0n) is 15.1. The van der Waals surface area contributed by atoms with Gasteiger partial charge in [-0.2, -0.15) is 0 Å². The van der Waals surface area contributed by atoms with E-state index in [1.54, 1.807) is 0 Å². The molecule has 20 heavy (non-hydrogen) atoms. The summed E-state index contributed by atoms with van der Waals surface area (Å²) in [4.78, 5) is 0. The maximum Gasteiger partial charge on any atom is -0.0358 e. The maximum absolute atomic E-state index is 2.56. The summed E-state index contributed by atoms with van der Waals surface area (Å²) in [6.07, 6.45) is 11.6. The van der Waals surface area contributed by atoms with Crippen LogP contribution in [0.4, 0.5) is 0 Å². The van der Waals surface area contributed by atoms with Crippen molar-refractivity contribution in [3.63, 3.8) is 0 Å². The van der Waals surface area contributed by atoms with Crippen molar-refractivity contribution < 1.29 is 0 Å². The van der Waals surface area contributed by atoms with Crippen molar-refractivity contribution in [3.8, 4) is 0 Å². The molecule has 0 aliphatic heterocycles. The van der Waals surface area contributed by atoms with Gasteiger partial charge < -0.3 is 0 Å². The molecule has 0 aromatic carbocycles. The first kappa shape index (κ1) is 18.1. The van der Waals surface area contributed by atoms with E-state index < -0.39 is 0 Å². The molecular weight excluding hydrogens is 240 g/mol. The van der Waals surface area contributed by atoms with Crippen LogP contribution < -0.4 is 0 Å². The highest BCUT2D eigenvalue weighted by Gasteiger charge is 2.32. The third-order valence-electron chi connectivity index (χ3n) is 6.18. The van der Waals surface area contributed by atoms with E-state index in [0.29, 0.717) is 0 Å². The molecule has 1 rings (SSSR count). The summed E-state index contributed by atoms with van der Waals surface area (Å²) in [5.74, 6) is 5.72. The minimum Gasteiger partial charge on any atom is -0.0651 e. The van der Waals surface area contributed by atoms with E-state index in [1.807, 2.05) is 0 Å². The van der Waals surface area contributed by atoms with Crippen molar-refractivity contribution in [2.75, 3.05) is 0 Å². The van der Waals surface area contributed by atoms with Gasteiger partial charge in [0.15, 0.2) is 0 Å². The summed E-state index contributed by atoms with van der Waals surface area (Å²) < 4.78 is 0. The van der Waals surface area contributed by atoms with Crippen LogP contribution in [0.5, 0.6) is 0 Å². The fourth-order valence-electron chi connectivity index (χ4n) is 4.59. The highest BCUT2D eigenvalue weighted by Crippen LogP contribution is 2.42. The first-order valence-corrected chi connectivity index (χ1v) is 9.49. The number of rotatable bonds is 8. The van der Waals surface area contributed by atoms with E-state index in [2.05, 4.69) is 41.5 Å². The highest BCUT2D eigenvalue weighted by molar-refractivity contribution is 4.82. The topological polar surface area (TPSA) is 0 Å². The zero-order valence-corrected chi connectivity index (χ0v) is 15.1. The Kier molecular flexibility index (Phi) is 8.22. The molecular formula is C20H40. The predicted octanol–water partition coefficient (Wildman–Crippen LogP) is 6.94. The Morgan fingerprint density at radius 3 is 1.90 bits per heavy atom. The second kappa shape index (κ2) is 9.11. The third-order valence-corrected chi connectivity index (χ3v) is 6.18. The molecule has 0 aromatic rings. The van der Waals surface area contributed by atoms with Gasteiger partial charge in [-0.15, -0.1) is 0 Å². The van der Waals surface area contributed by atoms with Gasteiger partial charge in [0.1, 0.15) is 0 Å². The lowest BCUT2D eigenvalue weighted by atomic mass is 9.66. The van der Waals surface area contributed by atoms with Gasteiger partial charge >= 0.3 is 0 Å². The molecule has 5 unspecified atom stereocenters. The van der Waals surface area contributed by atoms with E-state index in [9.17, 15) is 0 Å². The molecule has 0 spiro atoms.